The monoisotopic (exact) mass is 287 g/mol. The molecule has 19 heavy (non-hydrogen) atoms. The molecule has 7 nitrogen and oxygen atoms in total. The highest BCUT2D eigenvalue weighted by Crippen LogP contribution is 2.36. The van der Waals surface area contributed by atoms with E-state index in [1.54, 1.807) is 12.1 Å². The first-order valence-corrected chi connectivity index (χ1v) is 7.51. The number of fused-ring (bicyclic) bond motifs is 1. The average Bonchev–Trinajstić information content (AvgIpc) is 2.39. The van der Waals surface area contributed by atoms with Crippen LogP contribution in [0.4, 0.5) is 11.4 Å². The van der Waals surface area contributed by atoms with Crippen molar-refractivity contribution in [1.29, 1.82) is 0 Å². The molecule has 1 aliphatic rings. The molecule has 0 saturated heterocycles. The molecule has 1 aromatic carbocycles. The molecule has 0 amide bonds. The predicted octanol–water partition coefficient (Wildman–Crippen LogP) is 0.00110. The van der Waals surface area contributed by atoms with Crippen LogP contribution >= 0.6 is 0 Å². The highest BCUT2D eigenvalue weighted by molar-refractivity contribution is 7.89. The third-order valence-corrected chi connectivity index (χ3v) is 4.08. The molecule has 106 valence electrons. The summed E-state index contributed by atoms with van der Waals surface area (Å²) in [4.78, 5) is 0. The quantitative estimate of drug-likeness (QED) is 0.659. The van der Waals surface area contributed by atoms with Crippen LogP contribution in [0.25, 0.3) is 0 Å². The minimum Gasteiger partial charge on any atom is -0.486 e. The summed E-state index contributed by atoms with van der Waals surface area (Å²) in [5, 5.41) is 2.97. The second kappa shape index (κ2) is 5.54. The summed E-state index contributed by atoms with van der Waals surface area (Å²) in [7, 11) is -1.85. The van der Waals surface area contributed by atoms with E-state index in [2.05, 4.69) is 10.0 Å². The molecule has 1 heterocycles. The molecule has 0 fully saturated rings. The van der Waals surface area contributed by atoms with E-state index in [0.29, 0.717) is 36.1 Å². The number of hydrogen-bond acceptors (Lipinski definition) is 6. The van der Waals surface area contributed by atoms with E-state index < -0.39 is 10.0 Å². The molecule has 2 rings (SSSR count). The van der Waals surface area contributed by atoms with Crippen molar-refractivity contribution in [1.82, 2.24) is 4.72 Å². The fourth-order valence-corrected chi connectivity index (χ4v) is 2.25. The fraction of sp³-hybridized carbons (Fsp3) is 0.455. The standard InChI is InChI=1S/C11H17N3O4S/c1-13-19(15,16)5-2-14-9-7-11-10(6-8(9)12)17-3-4-18-11/h6-7,13-14H,2-5,12H2,1H3. The van der Waals surface area contributed by atoms with Crippen molar-refractivity contribution >= 4 is 21.4 Å². The normalized spacial score (nSPS) is 14.2. The lowest BCUT2D eigenvalue weighted by molar-refractivity contribution is 0.172. The number of rotatable bonds is 5. The molecule has 4 N–H and O–H groups in total. The van der Waals surface area contributed by atoms with Gasteiger partial charge < -0.3 is 20.5 Å². The van der Waals surface area contributed by atoms with E-state index in [4.69, 9.17) is 15.2 Å². The molecule has 0 aliphatic carbocycles. The summed E-state index contributed by atoms with van der Waals surface area (Å²) in [5.74, 6) is 1.19. The first kappa shape index (κ1) is 13.8. The lowest BCUT2D eigenvalue weighted by atomic mass is 10.2. The van der Waals surface area contributed by atoms with Crippen molar-refractivity contribution < 1.29 is 17.9 Å². The van der Waals surface area contributed by atoms with Gasteiger partial charge in [0.25, 0.3) is 0 Å². The SMILES string of the molecule is CNS(=O)(=O)CCNc1cc2c(cc1N)OCCO2. The second-order valence-electron chi connectivity index (χ2n) is 4.03. The Labute approximate surface area is 112 Å². The first-order valence-electron chi connectivity index (χ1n) is 5.86. The molecule has 1 aliphatic heterocycles. The molecule has 8 heteroatoms. The second-order valence-corrected chi connectivity index (χ2v) is 6.08. The van der Waals surface area contributed by atoms with Crippen molar-refractivity contribution in [3.63, 3.8) is 0 Å². The Hall–Kier alpha value is -1.67. The Morgan fingerprint density at radius 1 is 1.26 bits per heavy atom. The summed E-state index contributed by atoms with van der Waals surface area (Å²) < 4.78 is 35.6. The van der Waals surface area contributed by atoms with Gasteiger partial charge in [-0.2, -0.15) is 0 Å². The number of ether oxygens (including phenoxy) is 2. The van der Waals surface area contributed by atoms with Crippen molar-refractivity contribution in [3.8, 4) is 11.5 Å². The molecule has 1 aromatic rings. The third-order valence-electron chi connectivity index (χ3n) is 2.71. The topological polar surface area (TPSA) is 103 Å². The molecule has 0 atom stereocenters. The first-order chi connectivity index (χ1) is 9.02. The van der Waals surface area contributed by atoms with Gasteiger partial charge in [-0.1, -0.05) is 0 Å². The summed E-state index contributed by atoms with van der Waals surface area (Å²) in [6, 6.07) is 3.39. The maximum Gasteiger partial charge on any atom is 0.213 e. The van der Waals surface area contributed by atoms with Crippen LogP contribution in [0.2, 0.25) is 0 Å². The zero-order valence-corrected chi connectivity index (χ0v) is 11.4. The maximum absolute atomic E-state index is 11.3. The molecule has 0 aromatic heterocycles. The van der Waals surface area contributed by atoms with E-state index >= 15 is 0 Å². The van der Waals surface area contributed by atoms with Crippen LogP contribution in [0.1, 0.15) is 0 Å². The zero-order valence-electron chi connectivity index (χ0n) is 10.6. The van der Waals surface area contributed by atoms with Crippen LogP contribution in [-0.4, -0.2) is 41.0 Å². The van der Waals surface area contributed by atoms with Gasteiger partial charge in [0.05, 0.1) is 17.1 Å². The average molecular weight is 287 g/mol. The van der Waals surface area contributed by atoms with E-state index in [0.717, 1.165) is 0 Å². The van der Waals surface area contributed by atoms with Crippen molar-refractivity contribution in [3.05, 3.63) is 12.1 Å². The van der Waals surface area contributed by atoms with E-state index in [9.17, 15) is 8.42 Å². The summed E-state index contributed by atoms with van der Waals surface area (Å²) in [6.07, 6.45) is 0. The van der Waals surface area contributed by atoms with Crippen LogP contribution in [-0.2, 0) is 10.0 Å². The van der Waals surface area contributed by atoms with Crippen LogP contribution in [0.5, 0.6) is 11.5 Å². The Kier molecular flexibility index (Phi) is 4.01. The minimum atomic E-state index is -3.23. The zero-order chi connectivity index (χ0) is 13.9. The molecule has 0 radical (unpaired) electrons. The van der Waals surface area contributed by atoms with Crippen LogP contribution in [0, 0.1) is 0 Å². The van der Waals surface area contributed by atoms with Crippen molar-refractivity contribution in [2.45, 2.75) is 0 Å². The lowest BCUT2D eigenvalue weighted by Gasteiger charge is -2.20. The van der Waals surface area contributed by atoms with Crippen molar-refractivity contribution in [2.75, 3.05) is 43.6 Å². The molecule has 0 saturated carbocycles. The number of anilines is 2. The summed E-state index contributed by atoms with van der Waals surface area (Å²) >= 11 is 0. The largest absolute Gasteiger partial charge is 0.486 e. The van der Waals surface area contributed by atoms with Gasteiger partial charge in [0.15, 0.2) is 11.5 Å². The number of benzene rings is 1. The number of nitrogens with one attached hydrogen (secondary N) is 2. The number of nitrogen functional groups attached to an aromatic ring is 1. The molecular formula is C11H17N3O4S. The van der Waals surface area contributed by atoms with Gasteiger partial charge in [0, 0.05) is 18.7 Å². The molecular weight excluding hydrogens is 270 g/mol. The smallest absolute Gasteiger partial charge is 0.213 e. The highest BCUT2D eigenvalue weighted by atomic mass is 32.2. The lowest BCUT2D eigenvalue weighted by Crippen LogP contribution is -2.26. The van der Waals surface area contributed by atoms with Gasteiger partial charge >= 0.3 is 0 Å². The van der Waals surface area contributed by atoms with Gasteiger partial charge in [0.1, 0.15) is 13.2 Å². The maximum atomic E-state index is 11.3. The minimum absolute atomic E-state index is 0.0304. The Balaban J connectivity index is 2.04. The summed E-state index contributed by atoms with van der Waals surface area (Å²) in [6.45, 7) is 1.25. The van der Waals surface area contributed by atoms with Gasteiger partial charge in [-0.3, -0.25) is 0 Å². The highest BCUT2D eigenvalue weighted by Gasteiger charge is 2.15. The number of nitrogens with two attached hydrogens (primary N) is 1. The molecule has 0 spiro atoms. The Morgan fingerprint density at radius 2 is 1.89 bits per heavy atom. The number of sulfonamides is 1. The van der Waals surface area contributed by atoms with Gasteiger partial charge in [-0.25, -0.2) is 13.1 Å². The fourth-order valence-electron chi connectivity index (χ4n) is 1.68. The number of hydrogen-bond donors (Lipinski definition) is 3. The molecule has 0 unspecified atom stereocenters. The van der Waals surface area contributed by atoms with Gasteiger partial charge in [0.2, 0.25) is 10.0 Å². The van der Waals surface area contributed by atoms with Crippen LogP contribution in [0.3, 0.4) is 0 Å². The molecule has 0 bridgehead atoms. The van der Waals surface area contributed by atoms with E-state index in [1.807, 2.05) is 0 Å². The van der Waals surface area contributed by atoms with Crippen LogP contribution < -0.4 is 25.2 Å². The predicted molar refractivity (Wildman–Crippen MR) is 73.2 cm³/mol. The van der Waals surface area contributed by atoms with Crippen LogP contribution in [0.15, 0.2) is 12.1 Å². The van der Waals surface area contributed by atoms with E-state index in [1.165, 1.54) is 7.05 Å². The Bertz CT molecular complexity index is 559. The summed E-state index contributed by atoms with van der Waals surface area (Å²) in [5.41, 5.74) is 6.99. The Morgan fingerprint density at radius 3 is 2.53 bits per heavy atom. The third kappa shape index (κ3) is 3.42. The van der Waals surface area contributed by atoms with Gasteiger partial charge in [-0.05, 0) is 7.05 Å². The van der Waals surface area contributed by atoms with E-state index in [-0.39, 0.29) is 12.3 Å². The van der Waals surface area contributed by atoms with Gasteiger partial charge in [-0.15, -0.1) is 0 Å². The van der Waals surface area contributed by atoms with Crippen molar-refractivity contribution in [2.24, 2.45) is 0 Å².